The molecule has 1 aromatic carbocycles. The van der Waals surface area contributed by atoms with Gasteiger partial charge in [-0.1, -0.05) is 6.92 Å². The number of amides is 1. The second-order valence-corrected chi connectivity index (χ2v) is 6.82. The van der Waals surface area contributed by atoms with Gasteiger partial charge in [0.15, 0.2) is 0 Å². The molecule has 0 spiro atoms. The number of likely N-dealkylation sites (tertiary alicyclic amines) is 1. The van der Waals surface area contributed by atoms with Crippen molar-refractivity contribution in [1.82, 2.24) is 10.2 Å². The smallest absolute Gasteiger partial charge is 0.410 e. The van der Waals surface area contributed by atoms with Crippen LogP contribution in [0.2, 0.25) is 0 Å². The SMILES string of the molecule is CCNC(=O)Oc1ccc2c(c1)[C@]1(C)CCN(C)[C@@H]1S2. The minimum atomic E-state index is -0.386. The van der Waals surface area contributed by atoms with Crippen molar-refractivity contribution < 1.29 is 9.53 Å². The van der Waals surface area contributed by atoms with E-state index in [1.807, 2.05) is 30.8 Å². The first-order chi connectivity index (χ1) is 9.54. The van der Waals surface area contributed by atoms with Gasteiger partial charge in [-0.3, -0.25) is 4.90 Å². The topological polar surface area (TPSA) is 41.6 Å². The molecule has 1 N–H and O–H groups in total. The first-order valence-corrected chi connectivity index (χ1v) is 7.89. The summed E-state index contributed by atoms with van der Waals surface area (Å²) in [6.07, 6.45) is 0.766. The second-order valence-electron chi connectivity index (χ2n) is 5.70. The minimum absolute atomic E-state index is 0.162. The summed E-state index contributed by atoms with van der Waals surface area (Å²) in [5.41, 5.74) is 1.48. The molecule has 20 heavy (non-hydrogen) atoms. The standard InChI is InChI=1S/C15H20N2O2S/c1-4-16-14(18)19-10-5-6-12-11(9-10)15(2)7-8-17(3)13(15)20-12/h5-6,9,13H,4,7-8H2,1-3H3,(H,16,18)/t13-,15+/m1/s1. The lowest BCUT2D eigenvalue weighted by Crippen LogP contribution is -2.32. The summed E-state index contributed by atoms with van der Waals surface area (Å²) < 4.78 is 5.33. The van der Waals surface area contributed by atoms with Crippen LogP contribution in [0.15, 0.2) is 23.1 Å². The maximum absolute atomic E-state index is 11.5. The van der Waals surface area contributed by atoms with Crippen molar-refractivity contribution in [1.29, 1.82) is 0 Å². The number of likely N-dealkylation sites (N-methyl/N-ethyl adjacent to an activating group) is 1. The predicted octanol–water partition coefficient (Wildman–Crippen LogP) is 2.82. The molecule has 2 atom stereocenters. The summed E-state index contributed by atoms with van der Waals surface area (Å²) in [5.74, 6) is 0.631. The van der Waals surface area contributed by atoms with Gasteiger partial charge in [-0.25, -0.2) is 4.79 Å². The Kier molecular flexibility index (Phi) is 3.42. The molecular formula is C15H20N2O2S. The zero-order valence-electron chi connectivity index (χ0n) is 12.1. The van der Waals surface area contributed by atoms with Crippen LogP contribution in [0.25, 0.3) is 0 Å². The van der Waals surface area contributed by atoms with Crippen molar-refractivity contribution in [3.63, 3.8) is 0 Å². The predicted molar refractivity (Wildman–Crippen MR) is 80.4 cm³/mol. The number of hydrogen-bond acceptors (Lipinski definition) is 4. The third kappa shape index (κ3) is 2.09. The fourth-order valence-corrected chi connectivity index (χ4v) is 4.75. The molecule has 0 radical (unpaired) electrons. The number of fused-ring (bicyclic) bond motifs is 3. The lowest BCUT2D eigenvalue weighted by atomic mass is 9.82. The van der Waals surface area contributed by atoms with E-state index in [0.717, 1.165) is 13.0 Å². The summed E-state index contributed by atoms with van der Waals surface area (Å²) in [6, 6.07) is 5.99. The number of nitrogens with zero attached hydrogens (tertiary/aromatic N) is 1. The molecule has 2 heterocycles. The van der Waals surface area contributed by atoms with Crippen LogP contribution in [0.4, 0.5) is 4.79 Å². The van der Waals surface area contributed by atoms with Crippen molar-refractivity contribution in [2.75, 3.05) is 20.1 Å². The van der Waals surface area contributed by atoms with Crippen LogP contribution >= 0.6 is 11.8 Å². The van der Waals surface area contributed by atoms with Crippen LogP contribution in [0, 0.1) is 0 Å². The number of rotatable bonds is 2. The van der Waals surface area contributed by atoms with E-state index in [9.17, 15) is 4.79 Å². The van der Waals surface area contributed by atoms with Gasteiger partial charge in [-0.2, -0.15) is 0 Å². The molecule has 1 amide bonds. The highest BCUT2D eigenvalue weighted by molar-refractivity contribution is 8.00. The summed E-state index contributed by atoms with van der Waals surface area (Å²) in [5, 5.41) is 3.15. The molecule has 1 aromatic rings. The molecule has 0 bridgehead atoms. The number of carbonyl (C=O) groups is 1. The van der Waals surface area contributed by atoms with Crippen molar-refractivity contribution in [3.8, 4) is 5.75 Å². The van der Waals surface area contributed by atoms with Crippen molar-refractivity contribution in [2.24, 2.45) is 0 Å². The van der Waals surface area contributed by atoms with Gasteiger partial charge in [0.25, 0.3) is 0 Å². The van der Waals surface area contributed by atoms with Gasteiger partial charge in [0.1, 0.15) is 5.75 Å². The van der Waals surface area contributed by atoms with E-state index in [0.29, 0.717) is 17.7 Å². The average Bonchev–Trinajstić information content (AvgIpc) is 2.85. The third-order valence-electron chi connectivity index (χ3n) is 4.27. The molecule has 2 aliphatic rings. The fraction of sp³-hybridized carbons (Fsp3) is 0.533. The summed E-state index contributed by atoms with van der Waals surface area (Å²) in [7, 11) is 2.18. The Morgan fingerprint density at radius 1 is 1.60 bits per heavy atom. The molecule has 2 aliphatic heterocycles. The normalized spacial score (nSPS) is 28.1. The lowest BCUT2D eigenvalue weighted by Gasteiger charge is -2.26. The van der Waals surface area contributed by atoms with E-state index < -0.39 is 0 Å². The Morgan fingerprint density at radius 2 is 2.40 bits per heavy atom. The zero-order valence-corrected chi connectivity index (χ0v) is 12.9. The van der Waals surface area contributed by atoms with Crippen LogP contribution in [-0.2, 0) is 5.41 Å². The molecule has 0 saturated carbocycles. The highest BCUT2D eigenvalue weighted by Crippen LogP contribution is 2.55. The number of thioether (sulfide) groups is 1. The molecule has 108 valence electrons. The largest absolute Gasteiger partial charge is 0.412 e. The molecule has 4 nitrogen and oxygen atoms in total. The minimum Gasteiger partial charge on any atom is -0.410 e. The van der Waals surface area contributed by atoms with E-state index in [1.54, 1.807) is 0 Å². The quantitative estimate of drug-likeness (QED) is 0.910. The molecule has 0 unspecified atom stereocenters. The van der Waals surface area contributed by atoms with E-state index in [-0.39, 0.29) is 11.5 Å². The Labute approximate surface area is 123 Å². The molecule has 0 aromatic heterocycles. The van der Waals surface area contributed by atoms with Gasteiger partial charge < -0.3 is 10.1 Å². The number of hydrogen-bond donors (Lipinski definition) is 1. The molecule has 5 heteroatoms. The van der Waals surface area contributed by atoms with Crippen LogP contribution in [-0.4, -0.2) is 36.5 Å². The van der Waals surface area contributed by atoms with Crippen molar-refractivity contribution in [2.45, 2.75) is 36.0 Å². The highest BCUT2D eigenvalue weighted by Gasteiger charge is 2.50. The van der Waals surface area contributed by atoms with Crippen LogP contribution in [0.5, 0.6) is 5.75 Å². The Morgan fingerprint density at radius 3 is 3.15 bits per heavy atom. The number of ether oxygens (including phenoxy) is 1. The Balaban J connectivity index is 1.87. The number of nitrogens with one attached hydrogen (secondary N) is 1. The Bertz CT molecular complexity index is 549. The fourth-order valence-electron chi connectivity index (χ4n) is 3.15. The van der Waals surface area contributed by atoms with E-state index in [2.05, 4.69) is 30.3 Å². The molecule has 1 saturated heterocycles. The molecular weight excluding hydrogens is 272 g/mol. The maximum atomic E-state index is 11.5. The summed E-state index contributed by atoms with van der Waals surface area (Å²) in [4.78, 5) is 15.2. The third-order valence-corrected chi connectivity index (χ3v) is 5.98. The first-order valence-electron chi connectivity index (χ1n) is 7.01. The number of carbonyl (C=O) groups excluding carboxylic acids is 1. The van der Waals surface area contributed by atoms with Gasteiger partial charge >= 0.3 is 6.09 Å². The average molecular weight is 292 g/mol. The Hall–Kier alpha value is -1.20. The molecule has 3 rings (SSSR count). The van der Waals surface area contributed by atoms with E-state index in [4.69, 9.17) is 4.74 Å². The van der Waals surface area contributed by atoms with Crippen LogP contribution in [0.3, 0.4) is 0 Å². The van der Waals surface area contributed by atoms with Gasteiger partial charge in [-0.15, -0.1) is 11.8 Å². The van der Waals surface area contributed by atoms with Crippen LogP contribution in [0.1, 0.15) is 25.8 Å². The maximum Gasteiger partial charge on any atom is 0.412 e. The molecule has 0 aliphatic carbocycles. The van der Waals surface area contributed by atoms with E-state index >= 15 is 0 Å². The molecule has 1 fully saturated rings. The second kappa shape index (κ2) is 4.97. The monoisotopic (exact) mass is 292 g/mol. The summed E-state index contributed by atoms with van der Waals surface area (Å²) >= 11 is 1.92. The zero-order chi connectivity index (χ0) is 14.3. The summed E-state index contributed by atoms with van der Waals surface area (Å²) in [6.45, 7) is 5.88. The van der Waals surface area contributed by atoms with Crippen LogP contribution < -0.4 is 10.1 Å². The highest BCUT2D eigenvalue weighted by atomic mass is 32.2. The lowest BCUT2D eigenvalue weighted by molar-refractivity contribution is 0.201. The first kappa shape index (κ1) is 13.8. The van der Waals surface area contributed by atoms with E-state index in [1.165, 1.54) is 10.5 Å². The van der Waals surface area contributed by atoms with Gasteiger partial charge in [0.2, 0.25) is 0 Å². The van der Waals surface area contributed by atoms with Gasteiger partial charge in [-0.05, 0) is 50.7 Å². The van der Waals surface area contributed by atoms with Gasteiger partial charge in [0.05, 0.1) is 5.37 Å². The van der Waals surface area contributed by atoms with Crippen molar-refractivity contribution >= 4 is 17.9 Å². The van der Waals surface area contributed by atoms with Crippen molar-refractivity contribution in [3.05, 3.63) is 23.8 Å². The van der Waals surface area contributed by atoms with Gasteiger partial charge in [0, 0.05) is 16.9 Å². The number of benzene rings is 1.